The fraction of sp³-hybridized carbons (Fsp3) is 0.471. The summed E-state index contributed by atoms with van der Waals surface area (Å²) >= 11 is 0. The van der Waals surface area contributed by atoms with E-state index in [1.807, 2.05) is 18.2 Å². The normalized spacial score (nSPS) is 14.0. The first-order chi connectivity index (χ1) is 11.4. The number of hydrogen-bond donors (Lipinski definition) is 2. The third-order valence-corrected chi connectivity index (χ3v) is 3.96. The van der Waals surface area contributed by atoms with Crippen molar-refractivity contribution >= 4 is 17.5 Å². The lowest BCUT2D eigenvalue weighted by molar-refractivity contribution is 0.790. The van der Waals surface area contributed by atoms with E-state index in [-0.39, 0.29) is 0 Å². The van der Waals surface area contributed by atoms with Gasteiger partial charge in [-0.25, -0.2) is 15.0 Å². The summed E-state index contributed by atoms with van der Waals surface area (Å²) < 4.78 is 0. The molecule has 1 fully saturated rings. The molecule has 122 valence electrons. The molecule has 0 atom stereocenters. The number of unbranched alkanes of at least 4 members (excludes halogenated alkanes) is 1. The Balaban J connectivity index is 1.35. The second kappa shape index (κ2) is 8.31. The lowest BCUT2D eigenvalue weighted by Gasteiger charge is -2.16. The highest BCUT2D eigenvalue weighted by molar-refractivity contribution is 5.48. The quantitative estimate of drug-likeness (QED) is 0.731. The van der Waals surface area contributed by atoms with Crippen LogP contribution < -0.4 is 15.5 Å². The van der Waals surface area contributed by atoms with Crippen LogP contribution in [0.15, 0.2) is 36.8 Å². The van der Waals surface area contributed by atoms with Gasteiger partial charge < -0.3 is 15.5 Å². The summed E-state index contributed by atoms with van der Waals surface area (Å²) in [5.74, 6) is 2.89. The minimum atomic E-state index is 0.916. The van der Waals surface area contributed by atoms with E-state index in [1.165, 1.54) is 12.8 Å². The molecule has 6 nitrogen and oxygen atoms in total. The molecule has 0 amide bonds. The Labute approximate surface area is 137 Å². The van der Waals surface area contributed by atoms with Gasteiger partial charge >= 0.3 is 0 Å². The Morgan fingerprint density at radius 1 is 0.913 bits per heavy atom. The summed E-state index contributed by atoms with van der Waals surface area (Å²) in [4.78, 5) is 15.2. The molecule has 2 aromatic rings. The predicted molar refractivity (Wildman–Crippen MR) is 93.9 cm³/mol. The van der Waals surface area contributed by atoms with Crippen molar-refractivity contribution in [3.63, 3.8) is 0 Å². The SMILES string of the molecule is c1ccc(NCCCCNc2cc(N3CCCC3)ncn2)nc1. The molecule has 2 aromatic heterocycles. The van der Waals surface area contributed by atoms with Crippen molar-refractivity contribution in [2.75, 3.05) is 41.7 Å². The standard InChI is InChI=1S/C17H24N6/c1-2-8-18-15(7-1)19-9-3-4-10-20-16-13-17(22-14-21-16)23-11-5-6-12-23/h1-2,7-8,13-14H,3-6,9-12H2,(H,18,19)(H,20,21,22). The molecule has 0 saturated carbocycles. The Morgan fingerprint density at radius 3 is 2.43 bits per heavy atom. The van der Waals surface area contributed by atoms with Gasteiger partial charge in [-0.1, -0.05) is 6.07 Å². The lowest BCUT2D eigenvalue weighted by Crippen LogP contribution is -2.19. The molecule has 0 aromatic carbocycles. The molecule has 1 saturated heterocycles. The van der Waals surface area contributed by atoms with Crippen molar-refractivity contribution in [2.45, 2.75) is 25.7 Å². The molecular formula is C17H24N6. The summed E-state index contributed by atoms with van der Waals surface area (Å²) in [6.07, 6.45) is 8.15. The van der Waals surface area contributed by atoms with Crippen LogP contribution >= 0.6 is 0 Å². The van der Waals surface area contributed by atoms with Crippen molar-refractivity contribution in [3.05, 3.63) is 36.8 Å². The second-order valence-electron chi connectivity index (χ2n) is 5.73. The van der Waals surface area contributed by atoms with Crippen LogP contribution in [-0.4, -0.2) is 41.1 Å². The number of nitrogens with one attached hydrogen (secondary N) is 2. The van der Waals surface area contributed by atoms with Gasteiger partial charge in [0.25, 0.3) is 0 Å². The first kappa shape index (κ1) is 15.5. The summed E-state index contributed by atoms with van der Waals surface area (Å²) in [6, 6.07) is 7.95. The van der Waals surface area contributed by atoms with E-state index in [9.17, 15) is 0 Å². The van der Waals surface area contributed by atoms with Gasteiger partial charge in [-0.05, 0) is 37.8 Å². The van der Waals surface area contributed by atoms with Gasteiger partial charge in [0.05, 0.1) is 0 Å². The third kappa shape index (κ3) is 4.81. The van der Waals surface area contributed by atoms with Crippen LogP contribution in [0.25, 0.3) is 0 Å². The van der Waals surface area contributed by atoms with Gasteiger partial charge in [0.2, 0.25) is 0 Å². The van der Waals surface area contributed by atoms with E-state index in [0.717, 1.165) is 56.5 Å². The highest BCUT2D eigenvalue weighted by atomic mass is 15.2. The number of rotatable bonds is 8. The predicted octanol–water partition coefficient (Wildman–Crippen LogP) is 2.78. The van der Waals surface area contributed by atoms with E-state index in [4.69, 9.17) is 0 Å². The minimum absolute atomic E-state index is 0.916. The first-order valence-electron chi connectivity index (χ1n) is 8.37. The van der Waals surface area contributed by atoms with Gasteiger partial charge in [-0.3, -0.25) is 0 Å². The Hall–Kier alpha value is -2.37. The van der Waals surface area contributed by atoms with Crippen LogP contribution in [0.3, 0.4) is 0 Å². The Kier molecular flexibility index (Phi) is 5.61. The zero-order valence-corrected chi connectivity index (χ0v) is 13.4. The van der Waals surface area contributed by atoms with Crippen LogP contribution in [0.4, 0.5) is 17.5 Å². The van der Waals surface area contributed by atoms with Crippen LogP contribution in [0, 0.1) is 0 Å². The molecule has 1 aliphatic rings. The fourth-order valence-corrected chi connectivity index (χ4v) is 2.71. The smallest absolute Gasteiger partial charge is 0.134 e. The van der Waals surface area contributed by atoms with Gasteiger partial charge in [-0.15, -0.1) is 0 Å². The molecule has 3 rings (SSSR count). The highest BCUT2D eigenvalue weighted by Gasteiger charge is 2.13. The average molecular weight is 312 g/mol. The molecule has 2 N–H and O–H groups in total. The Bertz CT molecular complexity index is 583. The molecule has 6 heteroatoms. The molecular weight excluding hydrogens is 288 g/mol. The number of anilines is 3. The van der Waals surface area contributed by atoms with Crippen LogP contribution in [-0.2, 0) is 0 Å². The van der Waals surface area contributed by atoms with Crippen molar-refractivity contribution in [2.24, 2.45) is 0 Å². The third-order valence-electron chi connectivity index (χ3n) is 3.96. The number of pyridine rings is 1. The van der Waals surface area contributed by atoms with Gasteiger partial charge in [-0.2, -0.15) is 0 Å². The van der Waals surface area contributed by atoms with Crippen molar-refractivity contribution in [1.82, 2.24) is 15.0 Å². The van der Waals surface area contributed by atoms with Gasteiger partial charge in [0.1, 0.15) is 23.8 Å². The van der Waals surface area contributed by atoms with Crippen LogP contribution in [0.1, 0.15) is 25.7 Å². The van der Waals surface area contributed by atoms with E-state index >= 15 is 0 Å². The zero-order valence-electron chi connectivity index (χ0n) is 13.4. The lowest BCUT2D eigenvalue weighted by atomic mass is 10.3. The first-order valence-corrected chi connectivity index (χ1v) is 8.37. The summed E-state index contributed by atoms with van der Waals surface area (Å²) in [6.45, 7) is 4.06. The molecule has 3 heterocycles. The summed E-state index contributed by atoms with van der Waals surface area (Å²) in [7, 11) is 0. The van der Waals surface area contributed by atoms with Crippen LogP contribution in [0.2, 0.25) is 0 Å². The maximum atomic E-state index is 4.37. The van der Waals surface area contributed by atoms with E-state index < -0.39 is 0 Å². The van der Waals surface area contributed by atoms with Crippen LogP contribution in [0.5, 0.6) is 0 Å². The molecule has 0 bridgehead atoms. The maximum absolute atomic E-state index is 4.37. The zero-order chi connectivity index (χ0) is 15.7. The minimum Gasteiger partial charge on any atom is -0.370 e. The number of aromatic nitrogens is 3. The second-order valence-corrected chi connectivity index (χ2v) is 5.73. The highest BCUT2D eigenvalue weighted by Crippen LogP contribution is 2.19. The maximum Gasteiger partial charge on any atom is 0.134 e. The number of nitrogens with zero attached hydrogens (tertiary/aromatic N) is 4. The van der Waals surface area contributed by atoms with Gasteiger partial charge in [0.15, 0.2) is 0 Å². The van der Waals surface area contributed by atoms with Gasteiger partial charge in [0, 0.05) is 38.4 Å². The topological polar surface area (TPSA) is 66.0 Å². The van der Waals surface area contributed by atoms with E-state index in [2.05, 4.69) is 36.6 Å². The average Bonchev–Trinajstić information content (AvgIpc) is 3.14. The molecule has 23 heavy (non-hydrogen) atoms. The summed E-state index contributed by atoms with van der Waals surface area (Å²) in [5, 5.41) is 6.70. The molecule has 0 unspecified atom stereocenters. The van der Waals surface area contributed by atoms with E-state index in [1.54, 1.807) is 12.5 Å². The molecule has 0 spiro atoms. The molecule has 1 aliphatic heterocycles. The number of hydrogen-bond acceptors (Lipinski definition) is 6. The molecule has 0 radical (unpaired) electrons. The monoisotopic (exact) mass is 312 g/mol. The van der Waals surface area contributed by atoms with Crippen molar-refractivity contribution in [1.29, 1.82) is 0 Å². The van der Waals surface area contributed by atoms with Crippen molar-refractivity contribution < 1.29 is 0 Å². The fourth-order valence-electron chi connectivity index (χ4n) is 2.71. The summed E-state index contributed by atoms with van der Waals surface area (Å²) in [5.41, 5.74) is 0. The molecule has 0 aliphatic carbocycles. The van der Waals surface area contributed by atoms with E-state index in [0.29, 0.717) is 0 Å². The van der Waals surface area contributed by atoms with Crippen molar-refractivity contribution in [3.8, 4) is 0 Å². The largest absolute Gasteiger partial charge is 0.370 e. The Morgan fingerprint density at radius 2 is 1.70 bits per heavy atom.